The number of para-hydroxylation sites is 1. The molecule has 5 nitrogen and oxygen atoms in total. The number of aryl methyl sites for hydroxylation is 1. The second-order valence-corrected chi connectivity index (χ2v) is 6.40. The number of amides is 1. The number of nitrogens with one attached hydrogen (secondary N) is 1. The van der Waals surface area contributed by atoms with Gasteiger partial charge in [0.05, 0.1) is 13.2 Å². The van der Waals surface area contributed by atoms with Crippen molar-refractivity contribution in [3.63, 3.8) is 0 Å². The van der Waals surface area contributed by atoms with E-state index in [1.807, 2.05) is 63.2 Å². The van der Waals surface area contributed by atoms with Gasteiger partial charge in [-0.1, -0.05) is 24.3 Å². The minimum Gasteiger partial charge on any atom is -0.493 e. The van der Waals surface area contributed by atoms with Crippen molar-refractivity contribution in [2.45, 2.75) is 46.4 Å². The molecule has 2 aromatic rings. The minimum atomic E-state index is -0.582. The van der Waals surface area contributed by atoms with E-state index in [1.165, 1.54) is 0 Å². The number of carbonyl (C=O) groups is 1. The zero-order valence-electron chi connectivity index (χ0n) is 16.0. The quantitative estimate of drug-likeness (QED) is 0.779. The van der Waals surface area contributed by atoms with E-state index in [4.69, 9.17) is 14.2 Å². The molecule has 26 heavy (non-hydrogen) atoms. The van der Waals surface area contributed by atoms with Gasteiger partial charge in [0.25, 0.3) is 5.91 Å². The first kappa shape index (κ1) is 19.6. The van der Waals surface area contributed by atoms with Crippen LogP contribution in [0.5, 0.6) is 17.2 Å². The first-order valence-corrected chi connectivity index (χ1v) is 8.74. The molecule has 1 N–H and O–H groups in total. The first-order valence-electron chi connectivity index (χ1n) is 8.74. The highest BCUT2D eigenvalue weighted by Crippen LogP contribution is 2.29. The molecule has 2 rings (SSSR count). The molecular weight excluding hydrogens is 330 g/mol. The number of ether oxygens (including phenoxy) is 3. The molecule has 0 aliphatic carbocycles. The van der Waals surface area contributed by atoms with Gasteiger partial charge in [0.1, 0.15) is 5.75 Å². The molecule has 1 atom stereocenters. The van der Waals surface area contributed by atoms with E-state index in [0.29, 0.717) is 23.8 Å². The summed E-state index contributed by atoms with van der Waals surface area (Å²) in [5.74, 6) is 1.88. The maximum Gasteiger partial charge on any atom is 0.261 e. The average molecular weight is 357 g/mol. The summed E-state index contributed by atoms with van der Waals surface area (Å²) in [6.07, 6.45) is -0.518. The van der Waals surface area contributed by atoms with Gasteiger partial charge in [-0.2, -0.15) is 0 Å². The van der Waals surface area contributed by atoms with Crippen molar-refractivity contribution in [3.05, 3.63) is 53.6 Å². The van der Waals surface area contributed by atoms with Crippen molar-refractivity contribution in [3.8, 4) is 17.2 Å². The van der Waals surface area contributed by atoms with Crippen LogP contribution in [-0.4, -0.2) is 25.2 Å². The van der Waals surface area contributed by atoms with Crippen molar-refractivity contribution < 1.29 is 19.0 Å². The Morgan fingerprint density at radius 2 is 1.73 bits per heavy atom. The Kier molecular flexibility index (Phi) is 6.89. The van der Waals surface area contributed by atoms with Crippen LogP contribution in [0.25, 0.3) is 0 Å². The van der Waals surface area contributed by atoms with Gasteiger partial charge in [0, 0.05) is 6.54 Å². The summed E-state index contributed by atoms with van der Waals surface area (Å²) in [5, 5.41) is 2.89. The maximum absolute atomic E-state index is 12.3. The topological polar surface area (TPSA) is 56.8 Å². The molecule has 0 heterocycles. The molecule has 1 amide bonds. The molecule has 0 unspecified atom stereocenters. The summed E-state index contributed by atoms with van der Waals surface area (Å²) in [6, 6.07) is 13.3. The molecule has 0 radical (unpaired) electrons. The second kappa shape index (κ2) is 9.13. The lowest BCUT2D eigenvalue weighted by Gasteiger charge is -2.17. The normalized spacial score (nSPS) is 11.8. The van der Waals surface area contributed by atoms with Gasteiger partial charge in [-0.05, 0) is 57.0 Å². The fourth-order valence-corrected chi connectivity index (χ4v) is 2.44. The number of carbonyl (C=O) groups excluding carboxylic acids is 1. The Balaban J connectivity index is 1.95. The molecule has 140 valence electrons. The van der Waals surface area contributed by atoms with Crippen molar-refractivity contribution in [2.75, 3.05) is 7.11 Å². The average Bonchev–Trinajstić information content (AvgIpc) is 2.61. The van der Waals surface area contributed by atoms with Crippen molar-refractivity contribution in [1.29, 1.82) is 0 Å². The lowest BCUT2D eigenvalue weighted by molar-refractivity contribution is -0.127. The largest absolute Gasteiger partial charge is 0.493 e. The lowest BCUT2D eigenvalue weighted by Crippen LogP contribution is -2.36. The molecule has 0 bridgehead atoms. The van der Waals surface area contributed by atoms with Crippen LogP contribution in [0.1, 0.15) is 31.9 Å². The van der Waals surface area contributed by atoms with Gasteiger partial charge in [0.15, 0.2) is 17.6 Å². The van der Waals surface area contributed by atoms with Crippen molar-refractivity contribution in [2.24, 2.45) is 0 Å². The van der Waals surface area contributed by atoms with E-state index in [1.54, 1.807) is 14.0 Å². The molecule has 0 spiro atoms. The third kappa shape index (κ3) is 5.41. The number of benzene rings is 2. The monoisotopic (exact) mass is 357 g/mol. The standard InChI is InChI=1S/C21H27NO4/c1-14(2)25-19-11-10-17(12-20(19)24-5)13-22-21(23)16(4)26-18-9-7-6-8-15(18)3/h6-12,14,16H,13H2,1-5H3,(H,22,23)/t16-/m1/s1. The van der Waals surface area contributed by atoms with Gasteiger partial charge in [0.2, 0.25) is 0 Å². The summed E-state index contributed by atoms with van der Waals surface area (Å²) >= 11 is 0. The first-order chi connectivity index (χ1) is 12.4. The van der Waals surface area contributed by atoms with Crippen LogP contribution in [0.15, 0.2) is 42.5 Å². The van der Waals surface area contributed by atoms with Crippen LogP contribution in [0, 0.1) is 6.92 Å². The third-order valence-electron chi connectivity index (χ3n) is 3.82. The smallest absolute Gasteiger partial charge is 0.261 e. The Hall–Kier alpha value is -2.69. The van der Waals surface area contributed by atoms with Gasteiger partial charge in [-0.25, -0.2) is 0 Å². The van der Waals surface area contributed by atoms with E-state index in [2.05, 4.69) is 5.32 Å². The Labute approximate surface area is 155 Å². The highest BCUT2D eigenvalue weighted by atomic mass is 16.5. The summed E-state index contributed by atoms with van der Waals surface area (Å²) in [6.45, 7) is 8.00. The number of hydrogen-bond acceptors (Lipinski definition) is 4. The molecular formula is C21H27NO4. The Morgan fingerprint density at radius 3 is 2.38 bits per heavy atom. The lowest BCUT2D eigenvalue weighted by atomic mass is 10.2. The fourth-order valence-electron chi connectivity index (χ4n) is 2.44. The van der Waals surface area contributed by atoms with Gasteiger partial charge in [-0.15, -0.1) is 0 Å². The van der Waals surface area contributed by atoms with E-state index >= 15 is 0 Å². The molecule has 0 aliphatic rings. The number of methoxy groups -OCH3 is 1. The van der Waals surface area contributed by atoms with Crippen LogP contribution in [0.3, 0.4) is 0 Å². The van der Waals surface area contributed by atoms with Gasteiger partial charge >= 0.3 is 0 Å². The SMILES string of the molecule is COc1cc(CNC(=O)[C@@H](C)Oc2ccccc2C)ccc1OC(C)C. The summed E-state index contributed by atoms with van der Waals surface area (Å²) in [5.41, 5.74) is 1.92. The fraction of sp³-hybridized carbons (Fsp3) is 0.381. The Morgan fingerprint density at radius 1 is 1.00 bits per heavy atom. The number of rotatable bonds is 8. The molecule has 0 saturated heterocycles. The number of hydrogen-bond donors (Lipinski definition) is 1. The van der Waals surface area contributed by atoms with E-state index < -0.39 is 6.10 Å². The van der Waals surface area contributed by atoms with Crippen LogP contribution in [0.2, 0.25) is 0 Å². The zero-order chi connectivity index (χ0) is 19.1. The van der Waals surface area contributed by atoms with Crippen molar-refractivity contribution in [1.82, 2.24) is 5.32 Å². The summed E-state index contributed by atoms with van der Waals surface area (Å²) < 4.78 is 16.8. The van der Waals surface area contributed by atoms with Crippen molar-refractivity contribution >= 4 is 5.91 Å². The van der Waals surface area contributed by atoms with E-state index in [9.17, 15) is 4.79 Å². The van der Waals surface area contributed by atoms with Crippen LogP contribution < -0.4 is 19.5 Å². The van der Waals surface area contributed by atoms with Gasteiger partial charge < -0.3 is 19.5 Å². The van der Waals surface area contributed by atoms with E-state index in [-0.39, 0.29) is 12.0 Å². The third-order valence-corrected chi connectivity index (χ3v) is 3.82. The predicted octanol–water partition coefficient (Wildman–Crippen LogP) is 3.87. The van der Waals surface area contributed by atoms with Gasteiger partial charge in [-0.3, -0.25) is 4.79 Å². The zero-order valence-corrected chi connectivity index (χ0v) is 16.0. The molecule has 0 fully saturated rings. The van der Waals surface area contributed by atoms with Crippen LogP contribution >= 0.6 is 0 Å². The summed E-state index contributed by atoms with van der Waals surface area (Å²) in [4.78, 5) is 12.3. The molecule has 5 heteroatoms. The Bertz CT molecular complexity index is 743. The molecule has 0 saturated carbocycles. The molecule has 2 aromatic carbocycles. The predicted molar refractivity (Wildman–Crippen MR) is 102 cm³/mol. The molecule has 0 aromatic heterocycles. The van der Waals surface area contributed by atoms with Crippen LogP contribution in [-0.2, 0) is 11.3 Å². The highest BCUT2D eigenvalue weighted by Gasteiger charge is 2.15. The van der Waals surface area contributed by atoms with E-state index in [0.717, 1.165) is 11.1 Å². The molecule has 0 aliphatic heterocycles. The maximum atomic E-state index is 12.3. The van der Waals surface area contributed by atoms with Crippen LogP contribution in [0.4, 0.5) is 0 Å². The minimum absolute atomic E-state index is 0.0638. The summed E-state index contributed by atoms with van der Waals surface area (Å²) in [7, 11) is 1.60. The second-order valence-electron chi connectivity index (χ2n) is 6.40. The highest BCUT2D eigenvalue weighted by molar-refractivity contribution is 5.80.